The van der Waals surface area contributed by atoms with E-state index in [0.717, 1.165) is 32.9 Å². The summed E-state index contributed by atoms with van der Waals surface area (Å²) in [6.07, 6.45) is -2.93. The Morgan fingerprint density at radius 2 is 1.73 bits per heavy atom. The molecule has 1 aromatic heterocycles. The molecular formula is C22H19ClF3N3O3S. The van der Waals surface area contributed by atoms with Crippen LogP contribution in [0.1, 0.15) is 11.1 Å². The molecule has 0 radical (unpaired) electrons. The summed E-state index contributed by atoms with van der Waals surface area (Å²) in [6.45, 7) is 0.141. The zero-order valence-corrected chi connectivity index (χ0v) is 18.8. The van der Waals surface area contributed by atoms with Gasteiger partial charge in [-0.15, -0.1) is 0 Å². The second-order valence-corrected chi connectivity index (χ2v) is 9.91. The lowest BCUT2D eigenvalue weighted by Crippen LogP contribution is -2.50. The lowest BCUT2D eigenvalue weighted by Gasteiger charge is -2.34. The van der Waals surface area contributed by atoms with Crippen molar-refractivity contribution in [3.63, 3.8) is 0 Å². The van der Waals surface area contributed by atoms with Crippen LogP contribution >= 0.6 is 11.6 Å². The average molecular weight is 498 g/mol. The molecule has 4 rings (SSSR count). The molecule has 11 heteroatoms. The standard InChI is InChI=1S/C22H19ClF3N3O3S/c23-18-7-6-17(22(24,25)26)14-19(18)33(31,32)29-11-9-28(10-12-29)20(30)13-16-4-1-3-15-5-2-8-27-21(15)16/h1-8,14H,9-13H2. The van der Waals surface area contributed by atoms with E-state index in [1.54, 1.807) is 11.1 Å². The summed E-state index contributed by atoms with van der Waals surface area (Å²) in [5, 5.41) is 0.627. The fourth-order valence-corrected chi connectivity index (χ4v) is 5.70. The third kappa shape index (κ3) is 4.83. The van der Waals surface area contributed by atoms with Crippen molar-refractivity contribution in [2.75, 3.05) is 26.2 Å². The van der Waals surface area contributed by atoms with Gasteiger partial charge in [-0.2, -0.15) is 17.5 Å². The van der Waals surface area contributed by atoms with Crippen LogP contribution in [0.5, 0.6) is 0 Å². The first kappa shape index (κ1) is 23.5. The summed E-state index contributed by atoms with van der Waals surface area (Å²) < 4.78 is 66.1. The summed E-state index contributed by atoms with van der Waals surface area (Å²) in [7, 11) is -4.26. The van der Waals surface area contributed by atoms with Crippen LogP contribution in [0.25, 0.3) is 10.9 Å². The van der Waals surface area contributed by atoms with Crippen molar-refractivity contribution in [2.24, 2.45) is 0 Å². The summed E-state index contributed by atoms with van der Waals surface area (Å²) in [4.78, 5) is 18.1. The topological polar surface area (TPSA) is 70.6 Å². The number of para-hydroxylation sites is 1. The molecule has 2 aromatic carbocycles. The number of carbonyl (C=O) groups is 1. The lowest BCUT2D eigenvalue weighted by atomic mass is 10.1. The molecule has 0 spiro atoms. The predicted molar refractivity (Wildman–Crippen MR) is 117 cm³/mol. The van der Waals surface area contributed by atoms with Crippen molar-refractivity contribution in [1.29, 1.82) is 0 Å². The molecule has 6 nitrogen and oxygen atoms in total. The molecule has 0 bridgehead atoms. The van der Waals surface area contributed by atoms with E-state index in [1.165, 1.54) is 0 Å². The quantitative estimate of drug-likeness (QED) is 0.546. The molecule has 0 N–H and O–H groups in total. The summed E-state index contributed by atoms with van der Waals surface area (Å²) >= 11 is 5.92. The van der Waals surface area contributed by atoms with Crippen LogP contribution in [0, 0.1) is 0 Å². The number of alkyl halides is 3. The minimum absolute atomic E-state index is 0.0472. The highest BCUT2D eigenvalue weighted by molar-refractivity contribution is 7.89. The second kappa shape index (κ2) is 8.92. The largest absolute Gasteiger partial charge is 0.416 e. The number of fused-ring (bicyclic) bond motifs is 1. The molecule has 1 fully saturated rings. The van der Waals surface area contributed by atoms with Gasteiger partial charge in [0, 0.05) is 37.8 Å². The highest BCUT2D eigenvalue weighted by Gasteiger charge is 2.36. The van der Waals surface area contributed by atoms with Gasteiger partial charge in [-0.25, -0.2) is 8.42 Å². The Labute approximate surface area is 193 Å². The van der Waals surface area contributed by atoms with Gasteiger partial charge in [0.05, 0.1) is 22.5 Å². The predicted octanol–water partition coefficient (Wildman–Crippen LogP) is 3.98. The van der Waals surface area contributed by atoms with Crippen molar-refractivity contribution >= 4 is 38.4 Å². The van der Waals surface area contributed by atoms with Crippen molar-refractivity contribution in [3.8, 4) is 0 Å². The van der Waals surface area contributed by atoms with E-state index in [9.17, 15) is 26.4 Å². The van der Waals surface area contributed by atoms with E-state index in [1.807, 2.05) is 30.3 Å². The smallest absolute Gasteiger partial charge is 0.340 e. The van der Waals surface area contributed by atoms with Crippen molar-refractivity contribution in [2.45, 2.75) is 17.5 Å². The number of pyridine rings is 1. The Morgan fingerprint density at radius 3 is 2.42 bits per heavy atom. The molecule has 2 heterocycles. The highest BCUT2D eigenvalue weighted by atomic mass is 35.5. The maximum Gasteiger partial charge on any atom is 0.416 e. The molecule has 1 aliphatic rings. The Kier molecular flexibility index (Phi) is 6.35. The fraction of sp³-hybridized carbons (Fsp3) is 0.273. The van der Waals surface area contributed by atoms with E-state index in [2.05, 4.69) is 4.98 Å². The van der Waals surface area contributed by atoms with Crippen LogP contribution in [0.15, 0.2) is 59.6 Å². The van der Waals surface area contributed by atoms with Crippen LogP contribution < -0.4 is 0 Å². The molecule has 1 saturated heterocycles. The van der Waals surface area contributed by atoms with Gasteiger partial charge >= 0.3 is 6.18 Å². The molecule has 0 atom stereocenters. The van der Waals surface area contributed by atoms with Gasteiger partial charge in [0.2, 0.25) is 15.9 Å². The Bertz CT molecular complexity index is 1300. The summed E-state index contributed by atoms with van der Waals surface area (Å²) in [5.41, 5.74) is 0.403. The summed E-state index contributed by atoms with van der Waals surface area (Å²) in [6, 6.07) is 11.5. The molecule has 1 aliphatic heterocycles. The number of benzene rings is 2. The third-order valence-electron chi connectivity index (χ3n) is 5.53. The fourth-order valence-electron chi connectivity index (χ4n) is 3.78. The number of aromatic nitrogens is 1. The van der Waals surface area contributed by atoms with Crippen LogP contribution in [0.3, 0.4) is 0 Å². The van der Waals surface area contributed by atoms with Gasteiger partial charge in [0.1, 0.15) is 4.90 Å². The number of halogens is 4. The van der Waals surface area contributed by atoms with Crippen molar-refractivity contribution in [3.05, 3.63) is 70.9 Å². The highest BCUT2D eigenvalue weighted by Crippen LogP contribution is 2.34. The van der Waals surface area contributed by atoms with Gasteiger partial charge in [-0.05, 0) is 29.8 Å². The number of nitrogens with zero attached hydrogens (tertiary/aromatic N) is 3. The van der Waals surface area contributed by atoms with Crippen LogP contribution in [0.2, 0.25) is 5.02 Å². The lowest BCUT2D eigenvalue weighted by molar-refractivity contribution is -0.137. The molecule has 1 amide bonds. The molecule has 0 aliphatic carbocycles. The number of rotatable bonds is 4. The number of hydrogen-bond donors (Lipinski definition) is 0. The molecule has 174 valence electrons. The van der Waals surface area contributed by atoms with Gasteiger partial charge in [-0.1, -0.05) is 35.9 Å². The number of carbonyl (C=O) groups excluding carboxylic acids is 1. The Balaban J connectivity index is 1.47. The second-order valence-electron chi connectivity index (χ2n) is 7.60. The third-order valence-corrected chi connectivity index (χ3v) is 7.91. The number of piperazine rings is 1. The normalized spacial score (nSPS) is 15.7. The minimum atomic E-state index is -4.70. The summed E-state index contributed by atoms with van der Waals surface area (Å²) in [5.74, 6) is -0.178. The van der Waals surface area contributed by atoms with Gasteiger partial charge < -0.3 is 4.90 Å². The van der Waals surface area contributed by atoms with Crippen LogP contribution in [-0.4, -0.2) is 54.7 Å². The minimum Gasteiger partial charge on any atom is -0.340 e. The number of hydrogen-bond acceptors (Lipinski definition) is 4. The molecule has 0 saturated carbocycles. The maximum atomic E-state index is 13.0. The zero-order valence-electron chi connectivity index (χ0n) is 17.2. The van der Waals surface area contributed by atoms with E-state index < -0.39 is 26.7 Å². The monoisotopic (exact) mass is 497 g/mol. The Hall–Kier alpha value is -2.69. The SMILES string of the molecule is O=C(Cc1cccc2cccnc12)N1CCN(S(=O)(=O)c2cc(C(F)(F)F)ccc2Cl)CC1. The molecule has 0 unspecified atom stereocenters. The first-order valence-corrected chi connectivity index (χ1v) is 11.9. The first-order valence-electron chi connectivity index (χ1n) is 10.0. The number of amides is 1. The van der Waals surface area contributed by atoms with E-state index in [-0.39, 0.29) is 43.5 Å². The van der Waals surface area contributed by atoms with Gasteiger partial charge in [0.25, 0.3) is 0 Å². The van der Waals surface area contributed by atoms with Gasteiger partial charge in [0.15, 0.2) is 0 Å². The number of sulfonamides is 1. The first-order chi connectivity index (χ1) is 15.6. The molecule has 33 heavy (non-hydrogen) atoms. The van der Waals surface area contributed by atoms with Crippen molar-refractivity contribution in [1.82, 2.24) is 14.2 Å². The molecular weight excluding hydrogens is 479 g/mol. The maximum absolute atomic E-state index is 13.0. The zero-order chi connectivity index (χ0) is 23.8. The van der Waals surface area contributed by atoms with Crippen LogP contribution in [0.4, 0.5) is 13.2 Å². The van der Waals surface area contributed by atoms with E-state index in [4.69, 9.17) is 11.6 Å². The Morgan fingerprint density at radius 1 is 1.03 bits per heavy atom. The van der Waals surface area contributed by atoms with Crippen molar-refractivity contribution < 1.29 is 26.4 Å². The van der Waals surface area contributed by atoms with Crippen LogP contribution in [-0.2, 0) is 27.4 Å². The van der Waals surface area contributed by atoms with E-state index >= 15 is 0 Å². The average Bonchev–Trinajstić information content (AvgIpc) is 2.79. The van der Waals surface area contributed by atoms with E-state index in [0.29, 0.717) is 6.07 Å². The molecule has 3 aromatic rings. The van der Waals surface area contributed by atoms with Gasteiger partial charge in [-0.3, -0.25) is 9.78 Å².